The normalized spacial score (nSPS) is 18.8. The summed E-state index contributed by atoms with van der Waals surface area (Å²) in [6.07, 6.45) is 0.671. The Morgan fingerprint density at radius 1 is 1.29 bits per heavy atom. The molecule has 28 heavy (non-hydrogen) atoms. The lowest BCUT2D eigenvalue weighted by Crippen LogP contribution is -2.43. The van der Waals surface area contributed by atoms with E-state index in [1.807, 2.05) is 17.5 Å². The molecule has 1 atom stereocenters. The summed E-state index contributed by atoms with van der Waals surface area (Å²) in [4.78, 5) is 49.4. The molecule has 4 amide bonds. The van der Waals surface area contributed by atoms with Crippen LogP contribution >= 0.6 is 11.3 Å². The molecular weight excluding hydrogens is 384 g/mol. The van der Waals surface area contributed by atoms with E-state index in [1.54, 1.807) is 11.3 Å². The van der Waals surface area contributed by atoms with Gasteiger partial charge in [-0.1, -0.05) is 6.07 Å². The summed E-state index contributed by atoms with van der Waals surface area (Å²) in [7, 11) is 0. The lowest BCUT2D eigenvalue weighted by molar-refractivity contribution is -0.384. The lowest BCUT2D eigenvalue weighted by atomic mass is 9.92. The molecule has 10 heteroatoms. The molecule has 0 spiro atoms. The van der Waals surface area contributed by atoms with Crippen molar-refractivity contribution in [2.24, 2.45) is 0 Å². The number of nitro benzene ring substituents is 1. The van der Waals surface area contributed by atoms with E-state index in [2.05, 4.69) is 10.6 Å². The Morgan fingerprint density at radius 2 is 2.00 bits per heavy atom. The van der Waals surface area contributed by atoms with Crippen molar-refractivity contribution >= 4 is 34.9 Å². The van der Waals surface area contributed by atoms with Crippen LogP contribution in [-0.2, 0) is 21.5 Å². The second-order valence-corrected chi connectivity index (χ2v) is 7.46. The number of urea groups is 1. The first-order chi connectivity index (χ1) is 13.3. The molecule has 1 aliphatic heterocycles. The highest BCUT2D eigenvalue weighted by molar-refractivity contribution is 7.09. The Hall–Kier alpha value is -3.27. The minimum atomic E-state index is -1.39. The number of nitrogens with zero attached hydrogens (tertiary/aromatic N) is 2. The smallest absolute Gasteiger partial charge is 0.325 e. The summed E-state index contributed by atoms with van der Waals surface area (Å²) in [5.74, 6) is -1.02. The summed E-state index contributed by atoms with van der Waals surface area (Å²) in [6.45, 7) is 1.52. The second-order valence-electron chi connectivity index (χ2n) is 6.43. The molecule has 0 aliphatic carbocycles. The molecule has 2 aromatic rings. The van der Waals surface area contributed by atoms with Gasteiger partial charge >= 0.3 is 6.03 Å². The van der Waals surface area contributed by atoms with Gasteiger partial charge in [0.15, 0.2) is 0 Å². The molecule has 0 saturated carbocycles. The van der Waals surface area contributed by atoms with Gasteiger partial charge in [0.2, 0.25) is 5.91 Å². The lowest BCUT2D eigenvalue weighted by Gasteiger charge is -2.22. The number of nitro groups is 1. The molecule has 2 N–H and O–H groups in total. The van der Waals surface area contributed by atoms with E-state index in [9.17, 15) is 24.5 Å². The van der Waals surface area contributed by atoms with Gasteiger partial charge in [0, 0.05) is 23.6 Å². The Labute approximate surface area is 164 Å². The van der Waals surface area contributed by atoms with Crippen molar-refractivity contribution in [3.8, 4) is 0 Å². The van der Waals surface area contributed by atoms with Crippen molar-refractivity contribution in [3.63, 3.8) is 0 Å². The van der Waals surface area contributed by atoms with E-state index in [0.717, 1.165) is 9.78 Å². The fourth-order valence-electron chi connectivity index (χ4n) is 2.93. The summed E-state index contributed by atoms with van der Waals surface area (Å²) in [5, 5.41) is 18.0. The zero-order valence-electron chi connectivity index (χ0n) is 15.0. The number of nitrogens with one attached hydrogen (secondary N) is 2. The fourth-order valence-corrected chi connectivity index (χ4v) is 3.64. The Bertz CT molecular complexity index is 913. The number of rotatable bonds is 7. The highest BCUT2D eigenvalue weighted by Crippen LogP contribution is 2.29. The molecule has 1 saturated heterocycles. The maximum absolute atomic E-state index is 12.8. The quantitative estimate of drug-likeness (QED) is 0.415. The van der Waals surface area contributed by atoms with Gasteiger partial charge in [-0.2, -0.15) is 0 Å². The first-order valence-corrected chi connectivity index (χ1v) is 9.37. The average molecular weight is 402 g/mol. The van der Waals surface area contributed by atoms with Crippen LogP contribution < -0.4 is 10.6 Å². The number of hydrogen-bond donors (Lipinski definition) is 2. The van der Waals surface area contributed by atoms with Crippen molar-refractivity contribution in [1.29, 1.82) is 0 Å². The average Bonchev–Trinajstić information content (AvgIpc) is 3.25. The molecular formula is C18H18N4O5S. The van der Waals surface area contributed by atoms with Gasteiger partial charge in [-0.3, -0.25) is 24.6 Å². The van der Waals surface area contributed by atoms with Crippen LogP contribution in [-0.4, -0.2) is 40.8 Å². The van der Waals surface area contributed by atoms with Gasteiger partial charge in [0.1, 0.15) is 12.1 Å². The third kappa shape index (κ3) is 3.86. The van der Waals surface area contributed by atoms with Crippen molar-refractivity contribution in [2.75, 3.05) is 13.1 Å². The Balaban J connectivity index is 1.63. The second kappa shape index (κ2) is 7.77. The predicted octanol–water partition coefficient (Wildman–Crippen LogP) is 1.78. The molecule has 1 aliphatic rings. The van der Waals surface area contributed by atoms with Crippen molar-refractivity contribution in [1.82, 2.24) is 15.5 Å². The van der Waals surface area contributed by atoms with Crippen LogP contribution in [0, 0.1) is 10.1 Å². The molecule has 9 nitrogen and oxygen atoms in total. The highest BCUT2D eigenvalue weighted by Gasteiger charge is 2.49. The van der Waals surface area contributed by atoms with Crippen LogP contribution in [0.2, 0.25) is 0 Å². The Kier molecular flexibility index (Phi) is 5.41. The number of carbonyl (C=O) groups excluding carboxylic acids is 3. The summed E-state index contributed by atoms with van der Waals surface area (Å²) < 4.78 is 0. The number of imide groups is 1. The van der Waals surface area contributed by atoms with Crippen LogP contribution in [0.25, 0.3) is 0 Å². The first-order valence-electron chi connectivity index (χ1n) is 8.49. The third-order valence-corrected chi connectivity index (χ3v) is 5.44. The van der Waals surface area contributed by atoms with Crippen LogP contribution in [0.3, 0.4) is 0 Å². The van der Waals surface area contributed by atoms with Crippen LogP contribution in [0.4, 0.5) is 10.5 Å². The molecule has 1 aromatic heterocycles. The first kappa shape index (κ1) is 19.5. The number of amides is 4. The molecule has 1 aromatic carbocycles. The minimum absolute atomic E-state index is 0.119. The van der Waals surface area contributed by atoms with Crippen molar-refractivity contribution in [2.45, 2.75) is 18.9 Å². The van der Waals surface area contributed by atoms with Crippen LogP contribution in [0.15, 0.2) is 41.8 Å². The topological polar surface area (TPSA) is 122 Å². The van der Waals surface area contributed by atoms with Crippen LogP contribution in [0.5, 0.6) is 0 Å². The Morgan fingerprint density at radius 3 is 2.61 bits per heavy atom. The standard InChI is InChI=1S/C18H18N4O5S/c1-18(12-4-6-13(7-5-12)22(26)27)16(24)21(17(25)20-18)11-15(23)19-9-8-14-3-2-10-28-14/h2-7,10H,8-9,11H2,1H3,(H,19,23)(H,20,25)/t18-/m1/s1. The zero-order chi connectivity index (χ0) is 20.3. The fraction of sp³-hybridized carbons (Fsp3) is 0.278. The number of hydrogen-bond acceptors (Lipinski definition) is 6. The minimum Gasteiger partial charge on any atom is -0.354 e. The molecule has 0 bridgehead atoms. The van der Waals surface area contributed by atoms with Gasteiger partial charge in [0.25, 0.3) is 11.6 Å². The van der Waals surface area contributed by atoms with E-state index in [4.69, 9.17) is 0 Å². The summed E-state index contributed by atoms with van der Waals surface area (Å²) in [6, 6.07) is 8.57. The highest BCUT2D eigenvalue weighted by atomic mass is 32.1. The SMILES string of the molecule is C[C@]1(c2ccc([N+](=O)[O-])cc2)NC(=O)N(CC(=O)NCCc2cccs2)C1=O. The van der Waals surface area contributed by atoms with Crippen molar-refractivity contribution < 1.29 is 19.3 Å². The molecule has 3 rings (SSSR count). The van der Waals surface area contributed by atoms with E-state index >= 15 is 0 Å². The molecule has 2 heterocycles. The van der Waals surface area contributed by atoms with E-state index in [1.165, 1.54) is 31.2 Å². The van der Waals surface area contributed by atoms with Gasteiger partial charge in [-0.25, -0.2) is 4.79 Å². The molecule has 0 unspecified atom stereocenters. The number of carbonyl (C=O) groups is 3. The maximum atomic E-state index is 12.8. The van der Waals surface area contributed by atoms with Gasteiger partial charge in [-0.15, -0.1) is 11.3 Å². The predicted molar refractivity (Wildman–Crippen MR) is 102 cm³/mol. The zero-order valence-corrected chi connectivity index (χ0v) is 15.8. The monoisotopic (exact) mass is 402 g/mol. The maximum Gasteiger partial charge on any atom is 0.325 e. The largest absolute Gasteiger partial charge is 0.354 e. The molecule has 1 fully saturated rings. The van der Waals surface area contributed by atoms with E-state index in [-0.39, 0.29) is 5.69 Å². The van der Waals surface area contributed by atoms with Crippen LogP contribution in [0.1, 0.15) is 17.4 Å². The van der Waals surface area contributed by atoms with Gasteiger partial charge in [0.05, 0.1) is 4.92 Å². The van der Waals surface area contributed by atoms with Gasteiger partial charge < -0.3 is 10.6 Å². The van der Waals surface area contributed by atoms with E-state index in [0.29, 0.717) is 18.5 Å². The number of thiophene rings is 1. The number of non-ortho nitro benzene ring substituents is 1. The molecule has 0 radical (unpaired) electrons. The van der Waals surface area contributed by atoms with E-state index < -0.39 is 34.9 Å². The summed E-state index contributed by atoms with van der Waals surface area (Å²) >= 11 is 1.59. The van der Waals surface area contributed by atoms with Crippen molar-refractivity contribution in [3.05, 3.63) is 62.3 Å². The number of benzene rings is 1. The molecule has 146 valence electrons. The summed E-state index contributed by atoms with van der Waals surface area (Å²) in [5.41, 5.74) is -1.10. The van der Waals surface area contributed by atoms with Gasteiger partial charge in [-0.05, 0) is 42.5 Å². The third-order valence-electron chi connectivity index (χ3n) is 4.51.